The number of carbonyl (C=O) groups excluding carboxylic acids is 1. The second-order valence-corrected chi connectivity index (χ2v) is 23.9. The van der Waals surface area contributed by atoms with Crippen molar-refractivity contribution in [1.29, 1.82) is 0 Å². The summed E-state index contributed by atoms with van der Waals surface area (Å²) in [7, 11) is 0. The Kier molecular flexibility index (Phi) is 13.0. The van der Waals surface area contributed by atoms with Gasteiger partial charge in [0, 0.05) is 0 Å². The summed E-state index contributed by atoms with van der Waals surface area (Å²) in [5.74, 6) is 0.200. The quantitative estimate of drug-likeness (QED) is 0.235. The predicted molar refractivity (Wildman–Crippen MR) is 142 cm³/mol. The van der Waals surface area contributed by atoms with E-state index < -0.39 is 24.0 Å². The standard InChI is InChI=1S/C16H22NO2.3C4H9.Sn/c1-6-12(2)14(13-10-8-7-9-11-13)17-15(18)19-16(3,4)5;3*1-3-4-2;/h7-12,14H,1H2,2-5H3,(H,17,18);3*1,3-4H2,2H3;/t12-,14-;;;;/m0..../s1. The summed E-state index contributed by atoms with van der Waals surface area (Å²) >= 11 is -2.64. The van der Waals surface area contributed by atoms with Crippen LogP contribution in [0.25, 0.3) is 0 Å². The van der Waals surface area contributed by atoms with E-state index >= 15 is 0 Å². The molecule has 4 heteroatoms. The third-order valence-corrected chi connectivity index (χ3v) is 23.0. The fourth-order valence-corrected chi connectivity index (χ4v) is 21.6. The molecule has 0 bridgehead atoms. The molecule has 0 heterocycles. The third-order valence-electron chi connectivity index (χ3n) is 6.59. The number of unbranched alkanes of at least 4 members (excludes halogenated alkanes) is 3. The van der Waals surface area contributed by atoms with Crippen molar-refractivity contribution in [3.63, 3.8) is 0 Å². The Bertz CT molecular complexity index is 659. The first-order chi connectivity index (χ1) is 15.1. The summed E-state index contributed by atoms with van der Waals surface area (Å²) in [5.41, 5.74) is 0.617. The maximum atomic E-state index is 12.8. The number of ether oxygens (including phenoxy) is 1. The first kappa shape index (κ1) is 29.1. The van der Waals surface area contributed by atoms with E-state index in [9.17, 15) is 4.79 Å². The van der Waals surface area contributed by atoms with Crippen molar-refractivity contribution in [1.82, 2.24) is 5.32 Å². The molecule has 1 N–H and O–H groups in total. The third kappa shape index (κ3) is 9.49. The fourth-order valence-electron chi connectivity index (χ4n) is 4.68. The monoisotopic (exact) mass is 551 g/mol. The average molecular weight is 550 g/mol. The zero-order valence-electron chi connectivity index (χ0n) is 21.9. The number of hydrogen-bond acceptors (Lipinski definition) is 2. The SMILES string of the molecule is C=[C]([C@H](C)[C@H](NC(=O)OC(C)(C)C)c1ccccc1)[Sn]([CH2]CCC)([CH2]CCC)[CH2]CCC. The topological polar surface area (TPSA) is 38.3 Å². The first-order valence-electron chi connectivity index (χ1n) is 12.8. The molecule has 1 aromatic rings. The summed E-state index contributed by atoms with van der Waals surface area (Å²) in [6, 6.07) is 10.3. The number of benzene rings is 1. The van der Waals surface area contributed by atoms with Crippen molar-refractivity contribution in [3.05, 3.63) is 46.1 Å². The number of amides is 1. The van der Waals surface area contributed by atoms with Gasteiger partial charge in [0.15, 0.2) is 0 Å². The van der Waals surface area contributed by atoms with E-state index in [4.69, 9.17) is 11.3 Å². The molecule has 0 spiro atoms. The van der Waals surface area contributed by atoms with Gasteiger partial charge in [-0.05, 0) is 0 Å². The van der Waals surface area contributed by atoms with Crippen molar-refractivity contribution >= 4 is 24.5 Å². The Balaban J connectivity index is 3.30. The molecule has 0 aliphatic heterocycles. The summed E-state index contributed by atoms with van der Waals surface area (Å²) in [5, 5.41) is 3.22. The van der Waals surface area contributed by atoms with E-state index in [2.05, 4.69) is 57.3 Å². The van der Waals surface area contributed by atoms with Gasteiger partial charge in [0.25, 0.3) is 0 Å². The predicted octanol–water partition coefficient (Wildman–Crippen LogP) is 8.83. The van der Waals surface area contributed by atoms with Crippen LogP contribution in [0, 0.1) is 5.92 Å². The van der Waals surface area contributed by atoms with E-state index in [1.807, 2.05) is 26.8 Å². The zero-order chi connectivity index (χ0) is 24.2. The van der Waals surface area contributed by atoms with Crippen LogP contribution in [0.2, 0.25) is 13.3 Å². The number of hydrogen-bond donors (Lipinski definition) is 1. The van der Waals surface area contributed by atoms with Crippen LogP contribution in [0.5, 0.6) is 0 Å². The molecule has 0 saturated carbocycles. The molecule has 1 amide bonds. The molecule has 0 radical (unpaired) electrons. The molecular formula is C28H49NO2Sn. The molecule has 0 aliphatic carbocycles. The van der Waals surface area contributed by atoms with Crippen molar-refractivity contribution in [2.75, 3.05) is 0 Å². The van der Waals surface area contributed by atoms with E-state index in [1.165, 1.54) is 55.4 Å². The van der Waals surface area contributed by atoms with Crippen molar-refractivity contribution in [3.8, 4) is 0 Å². The molecule has 182 valence electrons. The van der Waals surface area contributed by atoms with Crippen molar-refractivity contribution in [2.45, 2.75) is 112 Å². The molecule has 3 nitrogen and oxygen atoms in total. The Morgan fingerprint density at radius 3 is 1.84 bits per heavy atom. The van der Waals surface area contributed by atoms with Gasteiger partial charge in [-0.25, -0.2) is 0 Å². The fraction of sp³-hybridized carbons (Fsp3) is 0.679. The van der Waals surface area contributed by atoms with Crippen LogP contribution >= 0.6 is 0 Å². The van der Waals surface area contributed by atoms with E-state index in [-0.39, 0.29) is 18.1 Å². The molecule has 0 unspecified atom stereocenters. The Hall–Kier alpha value is -0.971. The van der Waals surface area contributed by atoms with Crippen LogP contribution in [0.4, 0.5) is 4.79 Å². The Labute approximate surface area is 202 Å². The van der Waals surface area contributed by atoms with Crippen LogP contribution in [-0.4, -0.2) is 30.1 Å². The molecule has 0 aliphatic rings. The molecule has 0 aromatic heterocycles. The minimum absolute atomic E-state index is 0.112. The second kappa shape index (κ2) is 14.3. The van der Waals surface area contributed by atoms with E-state index in [1.54, 1.807) is 0 Å². The first-order valence-corrected chi connectivity index (χ1v) is 20.3. The molecule has 1 aromatic carbocycles. The van der Waals surface area contributed by atoms with Gasteiger partial charge in [-0.1, -0.05) is 0 Å². The summed E-state index contributed by atoms with van der Waals surface area (Å²) in [6.45, 7) is 19.7. The van der Waals surface area contributed by atoms with Gasteiger partial charge in [-0.15, -0.1) is 0 Å². The van der Waals surface area contributed by atoms with Crippen LogP contribution < -0.4 is 5.32 Å². The number of alkyl carbamates (subject to hydrolysis) is 1. The van der Waals surface area contributed by atoms with E-state index in [0.717, 1.165) is 5.56 Å². The van der Waals surface area contributed by atoms with Gasteiger partial charge in [0.1, 0.15) is 0 Å². The normalized spacial score (nSPS) is 14.0. The number of nitrogens with one attached hydrogen (secondary N) is 1. The minimum atomic E-state index is -2.64. The van der Waals surface area contributed by atoms with Gasteiger partial charge in [0.05, 0.1) is 0 Å². The average Bonchev–Trinajstić information content (AvgIpc) is 2.75. The zero-order valence-corrected chi connectivity index (χ0v) is 24.8. The molecule has 0 saturated heterocycles. The van der Waals surface area contributed by atoms with Gasteiger partial charge in [-0.2, -0.15) is 0 Å². The van der Waals surface area contributed by atoms with Crippen LogP contribution in [-0.2, 0) is 4.74 Å². The van der Waals surface area contributed by atoms with Gasteiger partial charge < -0.3 is 0 Å². The van der Waals surface area contributed by atoms with Gasteiger partial charge in [0.2, 0.25) is 0 Å². The maximum absolute atomic E-state index is 12.8. The molecule has 1 rings (SSSR count). The number of rotatable bonds is 14. The van der Waals surface area contributed by atoms with Crippen molar-refractivity contribution in [2.24, 2.45) is 5.92 Å². The van der Waals surface area contributed by atoms with Gasteiger partial charge in [-0.3, -0.25) is 0 Å². The summed E-state index contributed by atoms with van der Waals surface area (Å²) in [6.07, 6.45) is 7.33. The second-order valence-electron chi connectivity index (χ2n) is 10.4. The Morgan fingerprint density at radius 1 is 0.969 bits per heavy atom. The van der Waals surface area contributed by atoms with Crippen molar-refractivity contribution < 1.29 is 9.53 Å². The van der Waals surface area contributed by atoms with Gasteiger partial charge >= 0.3 is 203 Å². The Morgan fingerprint density at radius 2 is 1.44 bits per heavy atom. The van der Waals surface area contributed by atoms with Crippen LogP contribution in [0.1, 0.15) is 98.6 Å². The molecular weight excluding hydrogens is 501 g/mol. The summed E-state index contributed by atoms with van der Waals surface area (Å²) < 4.78 is 11.3. The number of carbonyl (C=O) groups is 1. The summed E-state index contributed by atoms with van der Waals surface area (Å²) in [4.78, 5) is 12.8. The van der Waals surface area contributed by atoms with E-state index in [0.29, 0.717) is 0 Å². The molecule has 32 heavy (non-hydrogen) atoms. The van der Waals surface area contributed by atoms with Crippen LogP contribution in [0.3, 0.4) is 0 Å². The molecule has 0 fully saturated rings. The molecule has 2 atom stereocenters. The van der Waals surface area contributed by atoms with Crippen LogP contribution in [0.15, 0.2) is 40.5 Å².